The van der Waals surface area contributed by atoms with E-state index in [0.717, 1.165) is 23.6 Å². The number of carboxylic acid groups (broad SMARTS) is 1. The Bertz CT molecular complexity index is 946. The van der Waals surface area contributed by atoms with Crippen molar-refractivity contribution in [2.75, 3.05) is 11.8 Å². The molecule has 0 aliphatic rings. The molecule has 0 saturated heterocycles. The lowest BCUT2D eigenvalue weighted by Crippen LogP contribution is -2.04. The maximum atomic E-state index is 14.2. The van der Waals surface area contributed by atoms with Crippen molar-refractivity contribution in [1.82, 2.24) is 4.98 Å². The third kappa shape index (κ3) is 3.78. The summed E-state index contributed by atoms with van der Waals surface area (Å²) in [5, 5.41) is 12.1. The molecule has 134 valence electrons. The van der Waals surface area contributed by atoms with E-state index >= 15 is 0 Å². The molecule has 3 rings (SSSR count). The van der Waals surface area contributed by atoms with Gasteiger partial charge in [0.25, 0.3) is 0 Å². The number of nitrogens with one attached hydrogen (secondary N) is 1. The largest absolute Gasteiger partial charge is 0.492 e. The molecule has 0 bridgehead atoms. The summed E-state index contributed by atoms with van der Waals surface area (Å²) in [6.07, 6.45) is 0. The maximum Gasteiger partial charge on any atom is 0.338 e. The van der Waals surface area contributed by atoms with Gasteiger partial charge in [-0.05, 0) is 36.4 Å². The van der Waals surface area contributed by atoms with Crippen molar-refractivity contribution in [3.8, 4) is 16.3 Å². The fraction of sp³-hybridized carbons (Fsp3) is 0.0588. The van der Waals surface area contributed by atoms with Crippen molar-refractivity contribution < 1.29 is 23.4 Å². The molecule has 0 aliphatic carbocycles. The molecule has 0 aliphatic heterocycles. The van der Waals surface area contributed by atoms with Crippen LogP contribution in [-0.2, 0) is 0 Å². The summed E-state index contributed by atoms with van der Waals surface area (Å²) in [6.45, 7) is 0. The van der Waals surface area contributed by atoms with E-state index in [2.05, 4.69) is 9.71 Å². The number of carbonyl (C=O) groups is 1. The molecule has 0 atom stereocenters. The van der Waals surface area contributed by atoms with E-state index < -0.39 is 17.3 Å². The second kappa shape index (κ2) is 7.71. The topological polar surface area (TPSA) is 71.5 Å². The number of nitrogens with zero attached hydrogens (tertiary/aromatic N) is 1. The summed E-state index contributed by atoms with van der Waals surface area (Å²) in [5.74, 6) is -2.83. The quantitative estimate of drug-likeness (QED) is 0.579. The van der Waals surface area contributed by atoms with Gasteiger partial charge in [-0.2, -0.15) is 0 Å². The maximum absolute atomic E-state index is 14.2. The van der Waals surface area contributed by atoms with Crippen LogP contribution in [0, 0.1) is 11.6 Å². The minimum Gasteiger partial charge on any atom is -0.492 e. The average molecular weight is 394 g/mol. The number of thiazole rings is 1. The average Bonchev–Trinajstić information content (AvgIpc) is 3.09. The van der Waals surface area contributed by atoms with Gasteiger partial charge in [0.05, 0.1) is 18.4 Å². The number of ether oxygens (including phenoxy) is 1. The van der Waals surface area contributed by atoms with Crippen molar-refractivity contribution in [3.05, 3.63) is 59.0 Å². The van der Waals surface area contributed by atoms with Crippen molar-refractivity contribution in [2.24, 2.45) is 0 Å². The van der Waals surface area contributed by atoms with E-state index in [1.165, 1.54) is 36.6 Å². The molecular formula is C17H12F2N2O3S2. The second-order valence-corrected chi connectivity index (χ2v) is 6.70. The zero-order valence-corrected chi connectivity index (χ0v) is 15.0. The van der Waals surface area contributed by atoms with Crippen LogP contribution in [-0.4, -0.2) is 23.2 Å². The van der Waals surface area contributed by atoms with Crippen LogP contribution in [0.3, 0.4) is 0 Å². The number of hydrogen-bond donors (Lipinski definition) is 2. The van der Waals surface area contributed by atoms with Crippen LogP contribution in [0.15, 0.2) is 46.8 Å². The van der Waals surface area contributed by atoms with Gasteiger partial charge in [0, 0.05) is 22.9 Å². The van der Waals surface area contributed by atoms with E-state index in [1.807, 2.05) is 0 Å². The number of hydrogen-bond acceptors (Lipinski definition) is 6. The van der Waals surface area contributed by atoms with E-state index in [9.17, 15) is 13.6 Å². The van der Waals surface area contributed by atoms with Gasteiger partial charge in [-0.1, -0.05) is 0 Å². The fourth-order valence-corrected chi connectivity index (χ4v) is 3.73. The van der Waals surface area contributed by atoms with Crippen LogP contribution in [0.1, 0.15) is 10.4 Å². The van der Waals surface area contributed by atoms with Crippen molar-refractivity contribution in [3.63, 3.8) is 0 Å². The van der Waals surface area contributed by atoms with Crippen molar-refractivity contribution >= 4 is 34.9 Å². The predicted octanol–water partition coefficient (Wildman–Crippen LogP) is 4.91. The number of aromatic nitrogens is 1. The monoisotopic (exact) mass is 394 g/mol. The molecular weight excluding hydrogens is 382 g/mol. The van der Waals surface area contributed by atoms with Crippen LogP contribution < -0.4 is 9.46 Å². The van der Waals surface area contributed by atoms with Gasteiger partial charge in [0.1, 0.15) is 15.9 Å². The molecule has 0 unspecified atom stereocenters. The normalized spacial score (nSPS) is 10.6. The second-order valence-electron chi connectivity index (χ2n) is 5.01. The number of benzene rings is 2. The van der Waals surface area contributed by atoms with E-state index in [1.54, 1.807) is 17.5 Å². The van der Waals surface area contributed by atoms with Crippen LogP contribution in [0.25, 0.3) is 10.6 Å². The molecule has 9 heteroatoms. The van der Waals surface area contributed by atoms with Gasteiger partial charge in [0.15, 0.2) is 11.6 Å². The standard InChI is InChI=1S/C17H12F2N2O3S2/c1-24-15-12(7-6-11(14(15)19)17(22)23)21-26-13-8-25-16(20-13)9-2-4-10(18)5-3-9/h2-8,21H,1H3,(H,22,23). The van der Waals surface area contributed by atoms with Crippen LogP contribution in [0.4, 0.5) is 14.5 Å². The van der Waals surface area contributed by atoms with Crippen LogP contribution in [0.2, 0.25) is 0 Å². The summed E-state index contributed by atoms with van der Waals surface area (Å²) in [7, 11) is 1.26. The van der Waals surface area contributed by atoms with Gasteiger partial charge in [-0.25, -0.2) is 18.6 Å². The molecule has 2 aromatic carbocycles. The van der Waals surface area contributed by atoms with Gasteiger partial charge < -0.3 is 14.6 Å². The Morgan fingerprint density at radius 2 is 1.96 bits per heavy atom. The summed E-state index contributed by atoms with van der Waals surface area (Å²) in [6, 6.07) is 8.58. The highest BCUT2D eigenvalue weighted by atomic mass is 32.2. The summed E-state index contributed by atoms with van der Waals surface area (Å²) in [5.41, 5.74) is 0.610. The Kier molecular flexibility index (Phi) is 5.38. The molecule has 0 fully saturated rings. The first-order valence-electron chi connectivity index (χ1n) is 7.23. The molecule has 26 heavy (non-hydrogen) atoms. The number of halogens is 2. The SMILES string of the molecule is COc1c(NSc2csc(-c3ccc(F)cc3)n2)ccc(C(=O)O)c1F. The van der Waals surface area contributed by atoms with Crippen molar-refractivity contribution in [1.29, 1.82) is 0 Å². The number of methoxy groups -OCH3 is 1. The first kappa shape index (κ1) is 18.2. The number of anilines is 1. The summed E-state index contributed by atoms with van der Waals surface area (Å²) >= 11 is 2.51. The van der Waals surface area contributed by atoms with Gasteiger partial charge in [-0.15, -0.1) is 11.3 Å². The minimum absolute atomic E-state index is 0.189. The smallest absolute Gasteiger partial charge is 0.338 e. The molecule has 0 saturated carbocycles. The molecule has 5 nitrogen and oxygen atoms in total. The van der Waals surface area contributed by atoms with E-state index in [0.29, 0.717) is 10.0 Å². The highest BCUT2D eigenvalue weighted by Crippen LogP contribution is 2.34. The predicted molar refractivity (Wildman–Crippen MR) is 96.9 cm³/mol. The minimum atomic E-state index is -1.37. The Labute approximate surface area is 155 Å². The molecule has 0 spiro atoms. The highest BCUT2D eigenvalue weighted by molar-refractivity contribution is 8.00. The molecule has 0 amide bonds. The highest BCUT2D eigenvalue weighted by Gasteiger charge is 2.19. The first-order chi connectivity index (χ1) is 12.5. The van der Waals surface area contributed by atoms with E-state index in [4.69, 9.17) is 9.84 Å². The van der Waals surface area contributed by atoms with Crippen molar-refractivity contribution in [2.45, 2.75) is 5.03 Å². The Morgan fingerprint density at radius 3 is 2.62 bits per heavy atom. The lowest BCUT2D eigenvalue weighted by molar-refractivity contribution is 0.0691. The lowest BCUT2D eigenvalue weighted by atomic mass is 10.2. The van der Waals surface area contributed by atoms with Gasteiger partial charge >= 0.3 is 5.97 Å². The third-order valence-corrected chi connectivity index (χ3v) is 5.15. The van der Waals surface area contributed by atoms with Crippen LogP contribution in [0.5, 0.6) is 5.75 Å². The third-order valence-electron chi connectivity index (χ3n) is 3.37. The fourth-order valence-electron chi connectivity index (χ4n) is 2.14. The molecule has 3 aromatic rings. The van der Waals surface area contributed by atoms with Gasteiger partial charge in [0.2, 0.25) is 0 Å². The Morgan fingerprint density at radius 1 is 1.23 bits per heavy atom. The Balaban J connectivity index is 1.76. The number of rotatable bonds is 6. The van der Waals surface area contributed by atoms with Gasteiger partial charge in [-0.3, -0.25) is 0 Å². The summed E-state index contributed by atoms with van der Waals surface area (Å²) in [4.78, 5) is 15.4. The number of aromatic carboxylic acids is 1. The zero-order chi connectivity index (χ0) is 18.7. The summed E-state index contributed by atoms with van der Waals surface area (Å²) < 4.78 is 35.0. The first-order valence-corrected chi connectivity index (χ1v) is 8.93. The number of carboxylic acids is 1. The molecule has 0 radical (unpaired) electrons. The zero-order valence-electron chi connectivity index (χ0n) is 13.3. The molecule has 1 aromatic heterocycles. The Hall–Kier alpha value is -2.65. The lowest BCUT2D eigenvalue weighted by Gasteiger charge is -2.11. The molecule has 2 N–H and O–H groups in total. The molecule has 1 heterocycles. The van der Waals surface area contributed by atoms with Crippen LogP contribution >= 0.6 is 23.3 Å². The van der Waals surface area contributed by atoms with E-state index in [-0.39, 0.29) is 17.3 Å².